The molecule has 118 valence electrons. The zero-order chi connectivity index (χ0) is 15.6. The van der Waals surface area contributed by atoms with Crippen molar-refractivity contribution < 1.29 is 19.5 Å². The molecule has 1 atom stereocenters. The van der Waals surface area contributed by atoms with Gasteiger partial charge in [-0.2, -0.15) is 0 Å². The number of nitrogens with zero attached hydrogens (tertiary/aromatic N) is 1. The van der Waals surface area contributed by atoms with E-state index in [1.54, 1.807) is 4.90 Å². The third-order valence-electron chi connectivity index (χ3n) is 4.19. The van der Waals surface area contributed by atoms with Gasteiger partial charge in [-0.3, -0.25) is 14.4 Å². The van der Waals surface area contributed by atoms with E-state index < -0.39 is 11.5 Å². The number of carboxylic acid groups (broad SMARTS) is 1. The summed E-state index contributed by atoms with van der Waals surface area (Å²) in [6, 6.07) is 0. The molecule has 0 bridgehead atoms. The van der Waals surface area contributed by atoms with Crippen LogP contribution in [0.15, 0.2) is 0 Å². The molecular weight excluding hydrogens is 272 g/mol. The first-order valence-electron chi connectivity index (χ1n) is 7.58. The first kappa shape index (κ1) is 15.8. The van der Waals surface area contributed by atoms with Crippen LogP contribution < -0.4 is 5.32 Å². The number of carbonyl (C=O) groups is 3. The van der Waals surface area contributed by atoms with Crippen molar-refractivity contribution in [1.29, 1.82) is 0 Å². The highest BCUT2D eigenvalue weighted by Gasteiger charge is 2.38. The van der Waals surface area contributed by atoms with Crippen LogP contribution in [0.2, 0.25) is 0 Å². The molecule has 0 aromatic rings. The van der Waals surface area contributed by atoms with Crippen molar-refractivity contribution in [3.63, 3.8) is 0 Å². The monoisotopic (exact) mass is 296 g/mol. The van der Waals surface area contributed by atoms with E-state index in [4.69, 9.17) is 5.11 Å². The lowest BCUT2D eigenvalue weighted by Gasteiger charge is -2.27. The molecule has 2 rings (SSSR count). The van der Waals surface area contributed by atoms with Gasteiger partial charge in [-0.15, -0.1) is 0 Å². The van der Waals surface area contributed by atoms with Crippen LogP contribution in [0.5, 0.6) is 0 Å². The minimum atomic E-state index is -0.871. The molecule has 1 saturated heterocycles. The Morgan fingerprint density at radius 3 is 2.62 bits per heavy atom. The van der Waals surface area contributed by atoms with Gasteiger partial charge in [0.15, 0.2) is 0 Å². The van der Waals surface area contributed by atoms with Crippen LogP contribution >= 0.6 is 0 Å². The Morgan fingerprint density at radius 1 is 1.38 bits per heavy atom. The number of likely N-dealkylation sites (tertiary alicyclic amines) is 1. The summed E-state index contributed by atoms with van der Waals surface area (Å²) in [4.78, 5) is 36.6. The summed E-state index contributed by atoms with van der Waals surface area (Å²) < 4.78 is 0. The van der Waals surface area contributed by atoms with Gasteiger partial charge in [0.05, 0.1) is 5.92 Å². The van der Waals surface area contributed by atoms with Gasteiger partial charge >= 0.3 is 5.97 Å². The predicted molar refractivity (Wildman–Crippen MR) is 76.5 cm³/mol. The van der Waals surface area contributed by atoms with E-state index in [1.807, 2.05) is 13.8 Å². The van der Waals surface area contributed by atoms with E-state index in [0.29, 0.717) is 18.9 Å². The number of carbonyl (C=O) groups excluding carboxylic acids is 2. The average molecular weight is 296 g/mol. The van der Waals surface area contributed by atoms with E-state index in [9.17, 15) is 14.4 Å². The molecule has 1 saturated carbocycles. The molecular formula is C15H24N2O4. The average Bonchev–Trinajstić information content (AvgIpc) is 3.10. The molecule has 2 fully saturated rings. The van der Waals surface area contributed by atoms with Crippen molar-refractivity contribution in [2.75, 3.05) is 13.1 Å². The highest BCUT2D eigenvalue weighted by atomic mass is 16.4. The lowest BCUT2D eigenvalue weighted by Crippen LogP contribution is -2.46. The fraction of sp³-hybridized carbons (Fsp3) is 0.800. The maximum absolute atomic E-state index is 12.3. The number of nitrogens with one attached hydrogen (secondary N) is 1. The van der Waals surface area contributed by atoms with Crippen molar-refractivity contribution in [2.45, 2.75) is 51.5 Å². The summed E-state index contributed by atoms with van der Waals surface area (Å²) in [6.07, 6.45) is 3.03. The Morgan fingerprint density at radius 2 is 2.05 bits per heavy atom. The summed E-state index contributed by atoms with van der Waals surface area (Å²) in [5.74, 6) is -0.630. The van der Waals surface area contributed by atoms with Crippen LogP contribution in [0.3, 0.4) is 0 Å². The highest BCUT2D eigenvalue weighted by Crippen LogP contribution is 2.32. The lowest BCUT2D eigenvalue weighted by molar-refractivity contribution is -0.138. The second-order valence-corrected chi connectivity index (χ2v) is 6.91. The topological polar surface area (TPSA) is 86.7 Å². The van der Waals surface area contributed by atoms with Gasteiger partial charge in [-0.05, 0) is 39.0 Å². The molecule has 0 radical (unpaired) electrons. The number of carboxylic acids is 1. The van der Waals surface area contributed by atoms with Crippen LogP contribution in [0.4, 0.5) is 0 Å². The van der Waals surface area contributed by atoms with Gasteiger partial charge < -0.3 is 15.3 Å². The number of amides is 2. The maximum atomic E-state index is 12.3. The van der Waals surface area contributed by atoms with E-state index in [-0.39, 0.29) is 30.6 Å². The first-order valence-corrected chi connectivity index (χ1v) is 7.58. The fourth-order valence-electron chi connectivity index (χ4n) is 2.65. The minimum absolute atomic E-state index is 0.0185. The SMILES string of the molecule is CC(C)(CCC(=O)O)NC(=O)C1CC(=O)N(CC2CC2)C1. The Balaban J connectivity index is 1.82. The Hall–Kier alpha value is -1.59. The third kappa shape index (κ3) is 4.72. The molecule has 6 heteroatoms. The van der Waals surface area contributed by atoms with Gasteiger partial charge in [0, 0.05) is 31.5 Å². The predicted octanol–water partition coefficient (Wildman–Crippen LogP) is 1.00. The van der Waals surface area contributed by atoms with Gasteiger partial charge in [0.1, 0.15) is 0 Å². The van der Waals surface area contributed by atoms with Gasteiger partial charge in [0.2, 0.25) is 11.8 Å². The number of hydrogen-bond acceptors (Lipinski definition) is 3. The Labute approximate surface area is 124 Å². The van der Waals surface area contributed by atoms with Crippen LogP contribution in [0.1, 0.15) is 46.0 Å². The molecule has 6 nitrogen and oxygen atoms in total. The molecule has 1 unspecified atom stereocenters. The van der Waals surface area contributed by atoms with Crippen molar-refractivity contribution in [3.05, 3.63) is 0 Å². The summed E-state index contributed by atoms with van der Waals surface area (Å²) >= 11 is 0. The van der Waals surface area contributed by atoms with E-state index in [0.717, 1.165) is 6.54 Å². The standard InChI is InChI=1S/C15H24N2O4/c1-15(2,6-5-13(19)20)16-14(21)11-7-12(18)17(9-11)8-10-3-4-10/h10-11H,3-9H2,1-2H3,(H,16,21)(H,19,20). The molecule has 0 aromatic carbocycles. The smallest absolute Gasteiger partial charge is 0.303 e. The quantitative estimate of drug-likeness (QED) is 0.734. The van der Waals surface area contributed by atoms with Gasteiger partial charge in [0.25, 0.3) is 0 Å². The third-order valence-corrected chi connectivity index (χ3v) is 4.19. The summed E-state index contributed by atoms with van der Waals surface area (Å²) in [5, 5.41) is 11.6. The molecule has 1 aliphatic heterocycles. The number of hydrogen-bond donors (Lipinski definition) is 2. The maximum Gasteiger partial charge on any atom is 0.303 e. The fourth-order valence-corrected chi connectivity index (χ4v) is 2.65. The molecule has 2 aliphatic rings. The molecule has 1 heterocycles. The van der Waals surface area contributed by atoms with Gasteiger partial charge in [-0.25, -0.2) is 0 Å². The number of rotatable bonds is 7. The van der Waals surface area contributed by atoms with E-state index in [1.165, 1.54) is 12.8 Å². The summed E-state index contributed by atoms with van der Waals surface area (Å²) in [6.45, 7) is 4.90. The molecule has 2 N–H and O–H groups in total. The van der Waals surface area contributed by atoms with E-state index in [2.05, 4.69) is 5.32 Å². The highest BCUT2D eigenvalue weighted by molar-refractivity contribution is 5.89. The molecule has 0 spiro atoms. The zero-order valence-electron chi connectivity index (χ0n) is 12.7. The number of aliphatic carboxylic acids is 1. The van der Waals surface area contributed by atoms with Crippen molar-refractivity contribution >= 4 is 17.8 Å². The second-order valence-electron chi connectivity index (χ2n) is 6.91. The van der Waals surface area contributed by atoms with Crippen molar-refractivity contribution in [2.24, 2.45) is 11.8 Å². The van der Waals surface area contributed by atoms with Crippen LogP contribution in [0.25, 0.3) is 0 Å². The molecule has 21 heavy (non-hydrogen) atoms. The summed E-state index contributed by atoms with van der Waals surface area (Å²) in [5.41, 5.74) is -0.567. The van der Waals surface area contributed by atoms with Crippen LogP contribution in [-0.2, 0) is 14.4 Å². The van der Waals surface area contributed by atoms with Crippen LogP contribution in [0, 0.1) is 11.8 Å². The summed E-state index contributed by atoms with van der Waals surface area (Å²) in [7, 11) is 0. The Bertz CT molecular complexity index is 443. The second kappa shape index (κ2) is 6.03. The first-order chi connectivity index (χ1) is 9.77. The van der Waals surface area contributed by atoms with Crippen molar-refractivity contribution in [3.8, 4) is 0 Å². The Kier molecular flexibility index (Phi) is 4.54. The van der Waals surface area contributed by atoms with E-state index >= 15 is 0 Å². The zero-order valence-corrected chi connectivity index (χ0v) is 12.7. The van der Waals surface area contributed by atoms with Crippen LogP contribution in [-0.4, -0.2) is 46.4 Å². The lowest BCUT2D eigenvalue weighted by atomic mass is 9.96. The molecule has 1 aliphatic carbocycles. The van der Waals surface area contributed by atoms with Gasteiger partial charge in [-0.1, -0.05) is 0 Å². The minimum Gasteiger partial charge on any atom is -0.481 e. The molecule has 0 aromatic heterocycles. The molecule has 2 amide bonds. The normalized spacial score (nSPS) is 22.5. The van der Waals surface area contributed by atoms with Crippen molar-refractivity contribution in [1.82, 2.24) is 10.2 Å². The largest absolute Gasteiger partial charge is 0.481 e.